The van der Waals surface area contributed by atoms with Crippen molar-refractivity contribution in [1.29, 1.82) is 0 Å². The van der Waals surface area contributed by atoms with Crippen molar-refractivity contribution in [2.45, 2.75) is 0 Å². The molecule has 3 aromatic rings. The number of halogens is 1. The minimum atomic E-state index is -0.0984. The van der Waals surface area contributed by atoms with Gasteiger partial charge in [0.05, 0.1) is 0 Å². The Bertz CT molecular complexity index is 518. The van der Waals surface area contributed by atoms with Crippen molar-refractivity contribution in [2.75, 3.05) is 0 Å². The number of hydrogen-bond acceptors (Lipinski definition) is 3. The minimum absolute atomic E-state index is 0.0984. The summed E-state index contributed by atoms with van der Waals surface area (Å²) in [5, 5.41) is 11.1. The van der Waals surface area contributed by atoms with Gasteiger partial charge in [0.1, 0.15) is 11.2 Å². The summed E-state index contributed by atoms with van der Waals surface area (Å²) >= 11 is 5.71. The van der Waals surface area contributed by atoms with Gasteiger partial charge in [-0.05, 0) is 23.7 Å². The highest BCUT2D eigenvalue weighted by molar-refractivity contribution is 6.29. The highest BCUT2D eigenvalue weighted by Gasteiger charge is 2.07. The summed E-state index contributed by atoms with van der Waals surface area (Å²) in [7, 11) is 0. The first-order valence-electron chi connectivity index (χ1n) is 4.04. The number of aromatic hydroxyl groups is 1. The van der Waals surface area contributed by atoms with E-state index in [1.54, 1.807) is 18.2 Å². The number of furan rings is 2. The normalized spacial score (nSPS) is 11.5. The molecule has 3 rings (SSSR count). The molecule has 0 aliphatic rings. The summed E-state index contributed by atoms with van der Waals surface area (Å²) in [5.41, 5.74) is 1.30. The fraction of sp³-hybridized carbons (Fsp3) is 0. The van der Waals surface area contributed by atoms with Gasteiger partial charge in [-0.2, -0.15) is 0 Å². The fourth-order valence-electron chi connectivity index (χ4n) is 1.53. The zero-order chi connectivity index (χ0) is 9.71. The Hall–Kier alpha value is -1.61. The molecule has 0 aliphatic heterocycles. The lowest BCUT2D eigenvalue weighted by molar-refractivity contribution is 0.346. The monoisotopic (exact) mass is 208 g/mol. The molecule has 0 fully saturated rings. The van der Waals surface area contributed by atoms with Crippen LogP contribution in [0.5, 0.6) is 5.95 Å². The Labute approximate surface area is 83.5 Å². The third-order valence-corrected chi connectivity index (χ3v) is 2.30. The van der Waals surface area contributed by atoms with Gasteiger partial charge in [0, 0.05) is 22.9 Å². The van der Waals surface area contributed by atoms with E-state index in [-0.39, 0.29) is 5.95 Å². The second kappa shape index (κ2) is 2.45. The molecule has 0 unspecified atom stereocenters. The van der Waals surface area contributed by atoms with E-state index in [0.717, 1.165) is 10.8 Å². The van der Waals surface area contributed by atoms with Crippen molar-refractivity contribution in [3.05, 3.63) is 29.5 Å². The summed E-state index contributed by atoms with van der Waals surface area (Å²) in [5.74, 6) is -0.0984. The van der Waals surface area contributed by atoms with Crippen LogP contribution in [0.3, 0.4) is 0 Å². The maximum Gasteiger partial charge on any atom is 0.282 e. The van der Waals surface area contributed by atoms with Gasteiger partial charge < -0.3 is 13.9 Å². The van der Waals surface area contributed by atoms with Crippen molar-refractivity contribution < 1.29 is 13.9 Å². The van der Waals surface area contributed by atoms with Gasteiger partial charge in [-0.25, -0.2) is 0 Å². The lowest BCUT2D eigenvalue weighted by Gasteiger charge is -1.87. The molecule has 0 radical (unpaired) electrons. The first-order valence-corrected chi connectivity index (χ1v) is 4.42. The number of benzene rings is 1. The van der Waals surface area contributed by atoms with Crippen LogP contribution in [-0.2, 0) is 0 Å². The van der Waals surface area contributed by atoms with Crippen LogP contribution in [0.4, 0.5) is 0 Å². The van der Waals surface area contributed by atoms with E-state index in [2.05, 4.69) is 0 Å². The number of rotatable bonds is 0. The van der Waals surface area contributed by atoms with Gasteiger partial charge in [-0.1, -0.05) is 0 Å². The zero-order valence-corrected chi connectivity index (χ0v) is 7.71. The molecule has 2 heterocycles. The zero-order valence-electron chi connectivity index (χ0n) is 6.95. The fourth-order valence-corrected chi connectivity index (χ4v) is 1.73. The van der Waals surface area contributed by atoms with E-state index in [1.807, 2.05) is 0 Å². The Morgan fingerprint density at radius 1 is 0.929 bits per heavy atom. The Kier molecular flexibility index (Phi) is 1.36. The minimum Gasteiger partial charge on any atom is -0.481 e. The molecule has 0 atom stereocenters. The van der Waals surface area contributed by atoms with Crippen LogP contribution in [0, 0.1) is 0 Å². The van der Waals surface area contributed by atoms with Crippen LogP contribution in [-0.4, -0.2) is 5.11 Å². The average molecular weight is 209 g/mol. The molecule has 0 bridgehead atoms. The molecule has 0 saturated heterocycles. The Balaban J connectivity index is 2.49. The molecule has 70 valence electrons. The molecule has 3 nitrogen and oxygen atoms in total. The quantitative estimate of drug-likeness (QED) is 0.615. The molecule has 0 spiro atoms. The Morgan fingerprint density at radius 3 is 2.36 bits per heavy atom. The maximum absolute atomic E-state index is 9.13. The average Bonchev–Trinajstić information content (AvgIpc) is 2.59. The highest BCUT2D eigenvalue weighted by atomic mass is 35.5. The van der Waals surface area contributed by atoms with Crippen LogP contribution in [0.1, 0.15) is 0 Å². The Morgan fingerprint density at radius 2 is 1.57 bits per heavy atom. The number of fused-ring (bicyclic) bond motifs is 2. The van der Waals surface area contributed by atoms with E-state index in [0.29, 0.717) is 16.4 Å². The SMILES string of the molecule is Oc1cc2cc3oc(Cl)cc3cc2o1. The summed E-state index contributed by atoms with van der Waals surface area (Å²) < 4.78 is 10.3. The lowest BCUT2D eigenvalue weighted by atomic mass is 10.2. The molecule has 4 heteroatoms. The molecule has 1 N–H and O–H groups in total. The van der Waals surface area contributed by atoms with Crippen LogP contribution < -0.4 is 0 Å². The molecule has 0 saturated carbocycles. The molecule has 0 amide bonds. The van der Waals surface area contributed by atoms with E-state index in [4.69, 9.17) is 25.5 Å². The van der Waals surface area contributed by atoms with Crippen LogP contribution in [0.25, 0.3) is 21.9 Å². The maximum atomic E-state index is 9.13. The molecule has 0 aliphatic carbocycles. The third kappa shape index (κ3) is 0.992. The predicted molar refractivity (Wildman–Crippen MR) is 52.7 cm³/mol. The van der Waals surface area contributed by atoms with Crippen molar-refractivity contribution in [1.82, 2.24) is 0 Å². The van der Waals surface area contributed by atoms with E-state index in [1.165, 1.54) is 6.07 Å². The van der Waals surface area contributed by atoms with Crippen molar-refractivity contribution in [2.24, 2.45) is 0 Å². The summed E-state index contributed by atoms with van der Waals surface area (Å²) in [6.45, 7) is 0. The first-order chi connectivity index (χ1) is 6.72. The second-order valence-electron chi connectivity index (χ2n) is 3.06. The van der Waals surface area contributed by atoms with Crippen LogP contribution in [0.2, 0.25) is 5.22 Å². The van der Waals surface area contributed by atoms with Gasteiger partial charge in [0.15, 0.2) is 5.22 Å². The summed E-state index contributed by atoms with van der Waals surface area (Å²) in [4.78, 5) is 0. The van der Waals surface area contributed by atoms with Crippen molar-refractivity contribution in [3.8, 4) is 5.95 Å². The summed E-state index contributed by atoms with van der Waals surface area (Å²) in [6.07, 6.45) is 0. The molecular weight excluding hydrogens is 204 g/mol. The molecule has 14 heavy (non-hydrogen) atoms. The van der Waals surface area contributed by atoms with Gasteiger partial charge in [-0.3, -0.25) is 0 Å². The molecular formula is C10H5ClO3. The van der Waals surface area contributed by atoms with Gasteiger partial charge in [-0.15, -0.1) is 0 Å². The molecule has 1 aromatic carbocycles. The predicted octanol–water partition coefficient (Wildman–Crippen LogP) is 3.54. The van der Waals surface area contributed by atoms with Crippen molar-refractivity contribution >= 4 is 33.5 Å². The second-order valence-corrected chi connectivity index (χ2v) is 3.44. The van der Waals surface area contributed by atoms with E-state index >= 15 is 0 Å². The topological polar surface area (TPSA) is 46.5 Å². The highest BCUT2D eigenvalue weighted by Crippen LogP contribution is 2.31. The third-order valence-electron chi connectivity index (χ3n) is 2.11. The smallest absolute Gasteiger partial charge is 0.282 e. The summed E-state index contributed by atoms with van der Waals surface area (Å²) in [6, 6.07) is 6.79. The lowest BCUT2D eigenvalue weighted by Crippen LogP contribution is -1.63. The van der Waals surface area contributed by atoms with Crippen molar-refractivity contribution in [3.63, 3.8) is 0 Å². The first kappa shape index (κ1) is 7.76. The van der Waals surface area contributed by atoms with E-state index < -0.39 is 0 Å². The standard InChI is InChI=1S/C10H5ClO3/c11-9-3-5-1-8-6(2-7(5)13-9)4-10(12)14-8/h1-4,12H. The largest absolute Gasteiger partial charge is 0.481 e. The van der Waals surface area contributed by atoms with Gasteiger partial charge in [0.25, 0.3) is 5.95 Å². The van der Waals surface area contributed by atoms with Crippen LogP contribution in [0.15, 0.2) is 33.1 Å². The van der Waals surface area contributed by atoms with Gasteiger partial charge in [0.2, 0.25) is 0 Å². The number of hydrogen-bond donors (Lipinski definition) is 1. The molecule has 2 aromatic heterocycles. The van der Waals surface area contributed by atoms with Crippen LogP contribution >= 0.6 is 11.6 Å². The van der Waals surface area contributed by atoms with E-state index in [9.17, 15) is 0 Å². The van der Waals surface area contributed by atoms with Gasteiger partial charge >= 0.3 is 0 Å².